The van der Waals surface area contributed by atoms with Crippen LogP contribution < -0.4 is 10.6 Å². The van der Waals surface area contributed by atoms with Crippen molar-refractivity contribution in [3.63, 3.8) is 0 Å². The predicted molar refractivity (Wildman–Crippen MR) is 100 cm³/mol. The molecular weight excluding hydrogens is 335 g/mol. The van der Waals surface area contributed by atoms with Gasteiger partial charge in [-0.25, -0.2) is 4.39 Å². The van der Waals surface area contributed by atoms with Crippen molar-refractivity contribution in [2.75, 3.05) is 5.32 Å². The number of halogens is 1. The SMILES string of the molecule is C[C@@H](N[C@@H](c1ccccc1)c1cccs1)C(=O)Nc1ccccc1F. The van der Waals surface area contributed by atoms with Gasteiger partial charge in [0, 0.05) is 4.88 Å². The minimum Gasteiger partial charge on any atom is -0.322 e. The van der Waals surface area contributed by atoms with Gasteiger partial charge in [0.25, 0.3) is 0 Å². The molecule has 25 heavy (non-hydrogen) atoms. The van der Waals surface area contributed by atoms with E-state index in [-0.39, 0.29) is 17.6 Å². The second-order valence-electron chi connectivity index (χ2n) is 5.72. The fraction of sp³-hybridized carbons (Fsp3) is 0.150. The van der Waals surface area contributed by atoms with Crippen molar-refractivity contribution in [3.8, 4) is 0 Å². The van der Waals surface area contributed by atoms with Crippen LogP contribution in [0.15, 0.2) is 72.1 Å². The Bertz CT molecular complexity index is 821. The number of thiophene rings is 1. The van der Waals surface area contributed by atoms with E-state index in [0.717, 1.165) is 10.4 Å². The first kappa shape index (κ1) is 17.3. The van der Waals surface area contributed by atoms with Crippen molar-refractivity contribution in [2.45, 2.75) is 19.0 Å². The summed E-state index contributed by atoms with van der Waals surface area (Å²) >= 11 is 1.63. The molecule has 2 N–H and O–H groups in total. The van der Waals surface area contributed by atoms with Crippen LogP contribution in [0.2, 0.25) is 0 Å². The molecule has 1 heterocycles. The minimum atomic E-state index is -0.494. The lowest BCUT2D eigenvalue weighted by Gasteiger charge is -2.22. The molecule has 0 fully saturated rings. The fourth-order valence-electron chi connectivity index (χ4n) is 2.57. The number of hydrogen-bond acceptors (Lipinski definition) is 3. The number of carbonyl (C=O) groups is 1. The zero-order chi connectivity index (χ0) is 17.6. The number of amides is 1. The Morgan fingerprint density at radius 1 is 1.00 bits per heavy atom. The summed E-state index contributed by atoms with van der Waals surface area (Å²) in [6.07, 6.45) is 0. The summed E-state index contributed by atoms with van der Waals surface area (Å²) in [5, 5.41) is 8.00. The fourth-order valence-corrected chi connectivity index (χ4v) is 3.38. The number of carbonyl (C=O) groups excluding carboxylic acids is 1. The molecule has 0 bridgehead atoms. The van der Waals surface area contributed by atoms with Crippen molar-refractivity contribution in [2.24, 2.45) is 0 Å². The van der Waals surface area contributed by atoms with Gasteiger partial charge in [0.2, 0.25) is 5.91 Å². The van der Waals surface area contributed by atoms with Crippen LogP contribution in [-0.2, 0) is 4.79 Å². The molecule has 0 aliphatic rings. The van der Waals surface area contributed by atoms with Crippen molar-refractivity contribution >= 4 is 22.9 Å². The van der Waals surface area contributed by atoms with E-state index in [1.807, 2.05) is 47.8 Å². The van der Waals surface area contributed by atoms with Crippen molar-refractivity contribution in [3.05, 3.63) is 88.4 Å². The van der Waals surface area contributed by atoms with Gasteiger partial charge in [-0.2, -0.15) is 0 Å². The first-order valence-corrected chi connectivity index (χ1v) is 8.93. The summed E-state index contributed by atoms with van der Waals surface area (Å²) in [6, 6.07) is 19.6. The van der Waals surface area contributed by atoms with E-state index in [2.05, 4.69) is 10.6 Å². The number of hydrogen-bond donors (Lipinski definition) is 2. The second-order valence-corrected chi connectivity index (χ2v) is 6.70. The van der Waals surface area contributed by atoms with Gasteiger partial charge >= 0.3 is 0 Å². The van der Waals surface area contributed by atoms with Crippen LogP contribution in [0.25, 0.3) is 0 Å². The minimum absolute atomic E-state index is 0.0948. The van der Waals surface area contributed by atoms with Gasteiger partial charge in [0.1, 0.15) is 5.82 Å². The molecule has 0 saturated carbocycles. The Balaban J connectivity index is 1.75. The summed E-state index contributed by atoms with van der Waals surface area (Å²) in [5.74, 6) is -0.719. The maximum atomic E-state index is 13.7. The molecule has 3 nitrogen and oxygen atoms in total. The van der Waals surface area contributed by atoms with Gasteiger partial charge in [-0.1, -0.05) is 48.5 Å². The molecule has 2 atom stereocenters. The van der Waals surface area contributed by atoms with Crippen LogP contribution in [0.1, 0.15) is 23.4 Å². The quantitative estimate of drug-likeness (QED) is 0.680. The summed E-state index contributed by atoms with van der Waals surface area (Å²) in [6.45, 7) is 1.78. The highest BCUT2D eigenvalue weighted by molar-refractivity contribution is 7.10. The predicted octanol–water partition coefficient (Wildman–Crippen LogP) is 4.59. The number of nitrogens with one attached hydrogen (secondary N) is 2. The molecule has 0 aliphatic carbocycles. The molecular formula is C20H19FN2OS. The van der Waals surface area contributed by atoms with Crippen molar-refractivity contribution < 1.29 is 9.18 Å². The Kier molecular flexibility index (Phi) is 5.58. The maximum absolute atomic E-state index is 13.7. The normalized spacial score (nSPS) is 13.2. The highest BCUT2D eigenvalue weighted by Gasteiger charge is 2.22. The van der Waals surface area contributed by atoms with E-state index >= 15 is 0 Å². The number of benzene rings is 2. The van der Waals surface area contributed by atoms with Crippen LogP contribution >= 0.6 is 11.3 Å². The second kappa shape index (κ2) is 8.05. The molecule has 0 spiro atoms. The third-order valence-corrected chi connectivity index (χ3v) is 4.84. The van der Waals surface area contributed by atoms with Gasteiger partial charge in [-0.15, -0.1) is 11.3 Å². The standard InChI is InChI=1S/C20H19FN2OS/c1-14(20(24)23-17-11-6-5-10-16(17)21)22-19(18-12-7-13-25-18)15-8-3-2-4-9-15/h2-14,19,22H,1H3,(H,23,24)/t14-,19+/m1/s1. The monoisotopic (exact) mass is 354 g/mol. The Labute approximate surface area is 150 Å². The molecule has 0 saturated heterocycles. The van der Waals surface area contributed by atoms with E-state index in [1.165, 1.54) is 6.07 Å². The lowest BCUT2D eigenvalue weighted by Crippen LogP contribution is -2.40. The van der Waals surface area contributed by atoms with E-state index in [1.54, 1.807) is 36.5 Å². The average molecular weight is 354 g/mol. The molecule has 0 radical (unpaired) electrons. The molecule has 2 aromatic carbocycles. The third-order valence-electron chi connectivity index (χ3n) is 3.90. The zero-order valence-corrected chi connectivity index (χ0v) is 14.6. The highest BCUT2D eigenvalue weighted by atomic mass is 32.1. The van der Waals surface area contributed by atoms with Gasteiger partial charge in [-0.05, 0) is 36.1 Å². The van der Waals surface area contributed by atoms with Gasteiger partial charge in [0.05, 0.1) is 17.8 Å². The summed E-state index contributed by atoms with van der Waals surface area (Å²) < 4.78 is 13.7. The van der Waals surface area contributed by atoms with Crippen LogP contribution in [0.4, 0.5) is 10.1 Å². The third kappa shape index (κ3) is 4.32. The van der Waals surface area contributed by atoms with Crippen LogP contribution in [0.3, 0.4) is 0 Å². The number of rotatable bonds is 6. The van der Waals surface area contributed by atoms with Crippen molar-refractivity contribution in [1.82, 2.24) is 5.32 Å². The largest absolute Gasteiger partial charge is 0.322 e. The Morgan fingerprint density at radius 2 is 1.72 bits per heavy atom. The van der Waals surface area contributed by atoms with Crippen LogP contribution in [-0.4, -0.2) is 11.9 Å². The number of anilines is 1. The summed E-state index contributed by atoms with van der Waals surface area (Å²) in [7, 11) is 0. The topological polar surface area (TPSA) is 41.1 Å². The lowest BCUT2D eigenvalue weighted by atomic mass is 10.0. The average Bonchev–Trinajstić information content (AvgIpc) is 3.16. The van der Waals surface area contributed by atoms with Gasteiger partial charge in [-0.3, -0.25) is 10.1 Å². The maximum Gasteiger partial charge on any atom is 0.241 e. The van der Waals surface area contributed by atoms with E-state index in [4.69, 9.17) is 0 Å². The summed E-state index contributed by atoms with van der Waals surface area (Å²) in [5.41, 5.74) is 1.27. The van der Waals surface area contributed by atoms with Gasteiger partial charge in [0.15, 0.2) is 0 Å². The smallest absolute Gasteiger partial charge is 0.241 e. The zero-order valence-electron chi connectivity index (χ0n) is 13.8. The number of para-hydroxylation sites is 1. The molecule has 0 unspecified atom stereocenters. The highest BCUT2D eigenvalue weighted by Crippen LogP contribution is 2.26. The van der Waals surface area contributed by atoms with E-state index < -0.39 is 11.9 Å². The molecule has 5 heteroatoms. The van der Waals surface area contributed by atoms with Crippen LogP contribution in [0.5, 0.6) is 0 Å². The van der Waals surface area contributed by atoms with Crippen LogP contribution in [0, 0.1) is 5.82 Å². The molecule has 0 aliphatic heterocycles. The molecule has 1 amide bonds. The summed E-state index contributed by atoms with van der Waals surface area (Å²) in [4.78, 5) is 13.6. The first-order chi connectivity index (χ1) is 12.1. The van der Waals surface area contributed by atoms with E-state index in [0.29, 0.717) is 0 Å². The van der Waals surface area contributed by atoms with E-state index in [9.17, 15) is 9.18 Å². The molecule has 128 valence electrons. The molecule has 3 rings (SSSR count). The van der Waals surface area contributed by atoms with Crippen molar-refractivity contribution in [1.29, 1.82) is 0 Å². The first-order valence-electron chi connectivity index (χ1n) is 8.05. The molecule has 1 aromatic heterocycles. The molecule has 3 aromatic rings. The Hall–Kier alpha value is -2.50. The Morgan fingerprint density at radius 3 is 2.40 bits per heavy atom. The van der Waals surface area contributed by atoms with Gasteiger partial charge < -0.3 is 5.32 Å². The lowest BCUT2D eigenvalue weighted by molar-refractivity contribution is -0.117.